The molecule has 2 aromatic rings. The van der Waals surface area contributed by atoms with Gasteiger partial charge in [0.15, 0.2) is 0 Å². The molecule has 1 N–H and O–H groups in total. The third kappa shape index (κ3) is 4.32. The van der Waals surface area contributed by atoms with Gasteiger partial charge in [0, 0.05) is 50.5 Å². The van der Waals surface area contributed by atoms with Gasteiger partial charge in [-0.3, -0.25) is 4.79 Å². The molecule has 0 radical (unpaired) electrons. The Morgan fingerprint density at radius 3 is 2.27 bits per heavy atom. The highest BCUT2D eigenvalue weighted by molar-refractivity contribution is 5.96. The second kappa shape index (κ2) is 8.61. The standard InChI is InChI=1S/C22H25FN4O3/c1-30-20-8-6-18(7-9-20)25-10-12-26(13-11-25)22(29)24-17-14-21(28)27(15-17)19-4-2-16(23)3-5-19/h2-9,17H,10-15H2,1H3,(H,24,29)/t17-/m0/s1. The third-order valence-electron chi connectivity index (χ3n) is 5.60. The number of methoxy groups -OCH3 is 1. The summed E-state index contributed by atoms with van der Waals surface area (Å²) in [6, 6.07) is 13.3. The molecular formula is C22H25FN4O3. The molecule has 158 valence electrons. The van der Waals surface area contributed by atoms with Gasteiger partial charge in [0.1, 0.15) is 11.6 Å². The van der Waals surface area contributed by atoms with Crippen LogP contribution in [0.4, 0.5) is 20.6 Å². The molecule has 2 aliphatic heterocycles. The molecule has 1 atom stereocenters. The molecule has 0 bridgehead atoms. The molecule has 3 amide bonds. The van der Waals surface area contributed by atoms with E-state index in [1.165, 1.54) is 12.1 Å². The highest BCUT2D eigenvalue weighted by atomic mass is 19.1. The Morgan fingerprint density at radius 2 is 1.63 bits per heavy atom. The first-order valence-corrected chi connectivity index (χ1v) is 10.0. The smallest absolute Gasteiger partial charge is 0.317 e. The molecule has 0 aliphatic carbocycles. The molecule has 2 aliphatic rings. The van der Waals surface area contributed by atoms with E-state index < -0.39 is 0 Å². The third-order valence-corrected chi connectivity index (χ3v) is 5.60. The number of hydrogen-bond acceptors (Lipinski definition) is 4. The quantitative estimate of drug-likeness (QED) is 0.838. The zero-order chi connectivity index (χ0) is 21.1. The summed E-state index contributed by atoms with van der Waals surface area (Å²) in [5.41, 5.74) is 1.75. The number of piperazine rings is 1. The summed E-state index contributed by atoms with van der Waals surface area (Å²) >= 11 is 0. The summed E-state index contributed by atoms with van der Waals surface area (Å²) in [6.07, 6.45) is 0.245. The van der Waals surface area contributed by atoms with Crippen molar-refractivity contribution in [1.82, 2.24) is 10.2 Å². The molecule has 0 unspecified atom stereocenters. The van der Waals surface area contributed by atoms with E-state index in [-0.39, 0.29) is 30.2 Å². The van der Waals surface area contributed by atoms with Crippen molar-refractivity contribution < 1.29 is 18.7 Å². The fourth-order valence-electron chi connectivity index (χ4n) is 3.90. The zero-order valence-corrected chi connectivity index (χ0v) is 16.9. The van der Waals surface area contributed by atoms with Gasteiger partial charge in [0.25, 0.3) is 0 Å². The Balaban J connectivity index is 1.28. The van der Waals surface area contributed by atoms with Crippen molar-refractivity contribution in [2.24, 2.45) is 0 Å². The van der Waals surface area contributed by atoms with E-state index in [0.29, 0.717) is 25.3 Å². The maximum absolute atomic E-state index is 13.1. The molecule has 2 aromatic carbocycles. The van der Waals surface area contributed by atoms with E-state index in [9.17, 15) is 14.0 Å². The molecular weight excluding hydrogens is 387 g/mol. The molecule has 30 heavy (non-hydrogen) atoms. The summed E-state index contributed by atoms with van der Waals surface area (Å²) in [7, 11) is 1.64. The topological polar surface area (TPSA) is 65.1 Å². The van der Waals surface area contributed by atoms with E-state index in [1.54, 1.807) is 29.0 Å². The molecule has 0 saturated carbocycles. The van der Waals surface area contributed by atoms with Crippen LogP contribution in [-0.4, -0.2) is 62.7 Å². The second-order valence-electron chi connectivity index (χ2n) is 7.50. The van der Waals surface area contributed by atoms with Crippen molar-refractivity contribution in [1.29, 1.82) is 0 Å². The van der Waals surface area contributed by atoms with Crippen molar-refractivity contribution in [3.8, 4) is 5.75 Å². The molecule has 2 fully saturated rings. The Bertz CT molecular complexity index is 896. The lowest BCUT2D eigenvalue weighted by Crippen LogP contribution is -2.53. The minimum absolute atomic E-state index is 0.0729. The summed E-state index contributed by atoms with van der Waals surface area (Å²) in [6.45, 7) is 3.10. The Morgan fingerprint density at radius 1 is 1.00 bits per heavy atom. The Kier molecular flexibility index (Phi) is 5.74. The van der Waals surface area contributed by atoms with Crippen LogP contribution in [0, 0.1) is 5.82 Å². The molecule has 2 saturated heterocycles. The predicted octanol–water partition coefficient (Wildman–Crippen LogP) is 2.47. The average molecular weight is 412 g/mol. The fraction of sp³-hybridized carbons (Fsp3) is 0.364. The number of carbonyl (C=O) groups excluding carboxylic acids is 2. The van der Waals surface area contributed by atoms with Crippen LogP contribution in [-0.2, 0) is 4.79 Å². The Hall–Kier alpha value is -3.29. The van der Waals surface area contributed by atoms with Crippen molar-refractivity contribution in [3.05, 3.63) is 54.3 Å². The van der Waals surface area contributed by atoms with Crippen molar-refractivity contribution in [2.75, 3.05) is 49.6 Å². The maximum Gasteiger partial charge on any atom is 0.317 e. The highest BCUT2D eigenvalue weighted by Gasteiger charge is 2.33. The molecule has 0 spiro atoms. The number of halogens is 1. The summed E-state index contributed by atoms with van der Waals surface area (Å²) in [5.74, 6) is 0.401. The number of ether oxygens (including phenoxy) is 1. The average Bonchev–Trinajstić information content (AvgIpc) is 3.14. The van der Waals surface area contributed by atoms with Gasteiger partial charge in [-0.1, -0.05) is 0 Å². The van der Waals surface area contributed by atoms with Gasteiger partial charge in [0.2, 0.25) is 5.91 Å². The first-order chi connectivity index (χ1) is 14.5. The maximum atomic E-state index is 13.1. The lowest BCUT2D eigenvalue weighted by Gasteiger charge is -2.36. The van der Waals surface area contributed by atoms with Gasteiger partial charge in [-0.05, 0) is 48.5 Å². The molecule has 4 rings (SSSR count). The number of carbonyl (C=O) groups is 2. The van der Waals surface area contributed by atoms with Gasteiger partial charge in [-0.2, -0.15) is 0 Å². The lowest BCUT2D eigenvalue weighted by atomic mass is 10.2. The van der Waals surface area contributed by atoms with E-state index in [1.807, 2.05) is 24.3 Å². The summed E-state index contributed by atoms with van der Waals surface area (Å²) in [5, 5.41) is 2.98. The molecule has 7 nitrogen and oxygen atoms in total. The van der Waals surface area contributed by atoms with Gasteiger partial charge in [0.05, 0.1) is 13.2 Å². The largest absolute Gasteiger partial charge is 0.497 e. The van der Waals surface area contributed by atoms with Gasteiger partial charge in [-0.15, -0.1) is 0 Å². The number of rotatable bonds is 4. The number of hydrogen-bond donors (Lipinski definition) is 1. The van der Waals surface area contributed by atoms with Crippen LogP contribution in [0.5, 0.6) is 5.75 Å². The van der Waals surface area contributed by atoms with Crippen LogP contribution in [0.2, 0.25) is 0 Å². The summed E-state index contributed by atoms with van der Waals surface area (Å²) in [4.78, 5) is 30.6. The first kappa shape index (κ1) is 20.0. The Labute approximate surface area is 175 Å². The minimum Gasteiger partial charge on any atom is -0.497 e. The van der Waals surface area contributed by atoms with E-state index in [2.05, 4.69) is 10.2 Å². The van der Waals surface area contributed by atoms with Crippen LogP contribution in [0.15, 0.2) is 48.5 Å². The number of anilines is 2. The van der Waals surface area contributed by atoms with Crippen LogP contribution >= 0.6 is 0 Å². The number of nitrogens with zero attached hydrogens (tertiary/aromatic N) is 3. The minimum atomic E-state index is -0.343. The molecule has 0 aromatic heterocycles. The number of nitrogens with one attached hydrogen (secondary N) is 1. The van der Waals surface area contributed by atoms with Crippen LogP contribution in [0.3, 0.4) is 0 Å². The number of amides is 3. The fourth-order valence-corrected chi connectivity index (χ4v) is 3.90. The van der Waals surface area contributed by atoms with E-state index in [4.69, 9.17) is 4.74 Å². The van der Waals surface area contributed by atoms with Crippen molar-refractivity contribution in [2.45, 2.75) is 12.5 Å². The van der Waals surface area contributed by atoms with Gasteiger partial charge < -0.3 is 24.8 Å². The lowest BCUT2D eigenvalue weighted by molar-refractivity contribution is -0.117. The number of benzene rings is 2. The SMILES string of the molecule is COc1ccc(N2CCN(C(=O)N[C@H]3CC(=O)N(c4ccc(F)cc4)C3)CC2)cc1. The molecule has 8 heteroatoms. The number of urea groups is 1. The van der Waals surface area contributed by atoms with Gasteiger partial charge >= 0.3 is 6.03 Å². The van der Waals surface area contributed by atoms with E-state index >= 15 is 0 Å². The summed E-state index contributed by atoms with van der Waals surface area (Å²) < 4.78 is 18.3. The van der Waals surface area contributed by atoms with Crippen LogP contribution < -0.4 is 19.9 Å². The van der Waals surface area contributed by atoms with Crippen LogP contribution in [0.1, 0.15) is 6.42 Å². The van der Waals surface area contributed by atoms with Crippen molar-refractivity contribution in [3.63, 3.8) is 0 Å². The monoisotopic (exact) mass is 412 g/mol. The van der Waals surface area contributed by atoms with E-state index in [0.717, 1.165) is 24.5 Å². The molecule has 2 heterocycles. The van der Waals surface area contributed by atoms with Crippen LogP contribution in [0.25, 0.3) is 0 Å². The highest BCUT2D eigenvalue weighted by Crippen LogP contribution is 2.23. The zero-order valence-electron chi connectivity index (χ0n) is 16.9. The van der Waals surface area contributed by atoms with Gasteiger partial charge in [-0.25, -0.2) is 9.18 Å². The first-order valence-electron chi connectivity index (χ1n) is 10.0. The normalized spacial score (nSPS) is 19.2. The second-order valence-corrected chi connectivity index (χ2v) is 7.50. The van der Waals surface area contributed by atoms with Crippen molar-refractivity contribution >= 4 is 23.3 Å². The predicted molar refractivity (Wildman–Crippen MR) is 112 cm³/mol.